The second-order valence-electron chi connectivity index (χ2n) is 22.3. The van der Waals surface area contributed by atoms with Crippen LogP contribution in [-0.4, -0.2) is 15.0 Å². The Bertz CT molecular complexity index is 3530. The maximum Gasteiger partial charge on any atom is 3.00 e. The Hall–Kier alpha value is -7.36. The smallest absolute Gasteiger partial charge is 0.304 e. The van der Waals surface area contributed by atoms with Gasteiger partial charge in [-0.25, -0.2) is 0 Å². The second-order valence-corrected chi connectivity index (χ2v) is 22.3. The summed E-state index contributed by atoms with van der Waals surface area (Å²) in [5.74, 6) is 0. The summed E-state index contributed by atoms with van der Waals surface area (Å²) in [6.45, 7) is 0. The van der Waals surface area contributed by atoms with Gasteiger partial charge >= 0.3 is 20.1 Å². The molecule has 0 saturated heterocycles. The normalized spacial score (nSPS) is 22.3. The zero-order valence-corrected chi connectivity index (χ0v) is 45.8. The van der Waals surface area contributed by atoms with Crippen LogP contribution in [0, 0.1) is 18.2 Å². The molecule has 4 aliphatic rings. The zero-order valence-electron chi connectivity index (χ0n) is 43.4. The van der Waals surface area contributed by atoms with Gasteiger partial charge in [-0.2, -0.15) is 0 Å². The number of aromatic nitrogens is 3. The van der Waals surface area contributed by atoms with Gasteiger partial charge in [-0.1, -0.05) is 153 Å². The number of nitrogens with zero attached hydrogens (tertiary/aromatic N) is 3. The van der Waals surface area contributed by atoms with Crippen molar-refractivity contribution in [3.05, 3.63) is 259 Å². The maximum atomic E-state index is 5.25. The van der Waals surface area contributed by atoms with Gasteiger partial charge in [0.25, 0.3) is 0 Å². The number of pyridine rings is 3. The van der Waals surface area contributed by atoms with Crippen molar-refractivity contribution in [2.24, 2.45) is 0 Å². The van der Waals surface area contributed by atoms with Gasteiger partial charge in [-0.05, 0) is 130 Å². The van der Waals surface area contributed by atoms with E-state index in [9.17, 15) is 0 Å². The van der Waals surface area contributed by atoms with Crippen LogP contribution in [0.1, 0.15) is 99.3 Å². The standard InChI is InChI=1S/C73H60N3.Ir/c1-5-19-52(20-6-1)53-29-31-54(32-30-53)65-48-69(57-25-11-4-12-26-57)76-51-66(65)64-28-14-13-27-63(64)58-45-61(72-41-15-37-70(72,38-16-42-72)59-33-35-67(74-49-59)55-21-7-2-8-22-55)47-62(46-58)73-43-17-39-71(73,40-18-44-73)60-34-36-68(75-50-60)56-23-9-3-10-24-56;/h1-14,19-21,23,25,27-36,45-51H,15-18,37-44H2;/q-3;+3. The summed E-state index contributed by atoms with van der Waals surface area (Å²) in [7, 11) is 0. The van der Waals surface area contributed by atoms with Gasteiger partial charge in [-0.15, -0.1) is 108 Å². The van der Waals surface area contributed by atoms with Gasteiger partial charge in [0, 0.05) is 45.8 Å². The fourth-order valence-corrected chi connectivity index (χ4v) is 15.6. The first kappa shape index (κ1) is 49.2. The van der Waals surface area contributed by atoms with Crippen molar-refractivity contribution >= 4 is 0 Å². The van der Waals surface area contributed by atoms with Gasteiger partial charge in [0.15, 0.2) is 0 Å². The largest absolute Gasteiger partial charge is 3.00 e. The Kier molecular flexibility index (Phi) is 12.9. The third-order valence-corrected chi connectivity index (χ3v) is 19.0. The number of hydrogen-bond acceptors (Lipinski definition) is 3. The van der Waals surface area contributed by atoms with Gasteiger partial charge in [0.1, 0.15) is 0 Å². The van der Waals surface area contributed by atoms with E-state index < -0.39 is 0 Å². The molecule has 7 aromatic carbocycles. The van der Waals surface area contributed by atoms with Gasteiger partial charge in [0.2, 0.25) is 0 Å². The monoisotopic (exact) mass is 1170 g/mol. The third kappa shape index (κ3) is 8.21. The van der Waals surface area contributed by atoms with Crippen LogP contribution in [0.15, 0.2) is 219 Å². The fraction of sp³-hybridized carbons (Fsp3) is 0.219. The molecular weight excluding hydrogens is 1110 g/mol. The van der Waals surface area contributed by atoms with Crippen molar-refractivity contribution < 1.29 is 20.1 Å². The minimum absolute atomic E-state index is 0. The molecule has 3 nitrogen and oxygen atoms in total. The molecule has 10 aromatic rings. The zero-order chi connectivity index (χ0) is 50.6. The van der Waals surface area contributed by atoms with Crippen LogP contribution >= 0.6 is 0 Å². The van der Waals surface area contributed by atoms with Gasteiger partial charge in [-0.3, -0.25) is 0 Å². The van der Waals surface area contributed by atoms with E-state index in [0.717, 1.165) is 50.5 Å². The van der Waals surface area contributed by atoms with E-state index in [1.165, 1.54) is 127 Å². The van der Waals surface area contributed by atoms with Crippen molar-refractivity contribution in [2.45, 2.75) is 98.7 Å². The van der Waals surface area contributed by atoms with E-state index in [0.29, 0.717) is 0 Å². The molecule has 14 rings (SSSR count). The van der Waals surface area contributed by atoms with E-state index >= 15 is 0 Å². The topological polar surface area (TPSA) is 38.7 Å². The Morgan fingerprint density at radius 1 is 0.286 bits per heavy atom. The van der Waals surface area contributed by atoms with Crippen molar-refractivity contribution in [3.63, 3.8) is 0 Å². The average molecular weight is 1170 g/mol. The van der Waals surface area contributed by atoms with E-state index in [2.05, 4.69) is 201 Å². The number of rotatable bonds is 11. The first-order valence-electron chi connectivity index (χ1n) is 27.8. The minimum atomic E-state index is -0.0261. The van der Waals surface area contributed by atoms with Crippen LogP contribution < -0.4 is 0 Å². The first-order valence-corrected chi connectivity index (χ1v) is 27.8. The van der Waals surface area contributed by atoms with Crippen LogP contribution in [-0.2, 0) is 41.8 Å². The summed E-state index contributed by atoms with van der Waals surface area (Å²) in [5.41, 5.74) is 21.3. The molecule has 4 aliphatic carbocycles. The molecule has 3 aromatic heterocycles. The van der Waals surface area contributed by atoms with Crippen LogP contribution in [0.25, 0.3) is 78.3 Å². The first-order chi connectivity index (χ1) is 37.5. The molecule has 77 heavy (non-hydrogen) atoms. The molecule has 0 unspecified atom stereocenters. The maximum absolute atomic E-state index is 5.25. The van der Waals surface area contributed by atoms with Crippen molar-refractivity contribution in [1.82, 2.24) is 15.0 Å². The molecule has 0 radical (unpaired) electrons. The Labute approximate surface area is 468 Å². The van der Waals surface area contributed by atoms with Crippen LogP contribution in [0.3, 0.4) is 0 Å². The molecule has 0 N–H and O–H groups in total. The number of fused-ring (bicyclic) bond motifs is 2. The predicted octanol–water partition coefficient (Wildman–Crippen LogP) is 18.0. The Morgan fingerprint density at radius 2 is 0.701 bits per heavy atom. The third-order valence-electron chi connectivity index (χ3n) is 19.0. The molecule has 4 heteroatoms. The quantitative estimate of drug-likeness (QED) is 0.121. The summed E-state index contributed by atoms with van der Waals surface area (Å²) in [4.78, 5) is 15.7. The molecule has 3 heterocycles. The molecule has 376 valence electrons. The van der Waals surface area contributed by atoms with Crippen LogP contribution in [0.2, 0.25) is 0 Å². The van der Waals surface area contributed by atoms with Crippen LogP contribution in [0.4, 0.5) is 0 Å². The molecule has 0 atom stereocenters. The summed E-state index contributed by atoms with van der Waals surface area (Å²) in [6.07, 6.45) is 20.9. The molecule has 0 aliphatic heterocycles. The fourth-order valence-electron chi connectivity index (χ4n) is 15.6. The Morgan fingerprint density at radius 3 is 1.17 bits per heavy atom. The molecular formula is C73H60IrN3. The second kappa shape index (κ2) is 20.2. The minimum Gasteiger partial charge on any atom is -0.304 e. The summed E-state index contributed by atoms with van der Waals surface area (Å²) < 4.78 is 0. The van der Waals surface area contributed by atoms with Gasteiger partial charge < -0.3 is 15.0 Å². The van der Waals surface area contributed by atoms with E-state index in [4.69, 9.17) is 15.0 Å². The number of benzene rings is 7. The summed E-state index contributed by atoms with van der Waals surface area (Å²) in [5, 5.41) is 0. The van der Waals surface area contributed by atoms with E-state index in [1.807, 2.05) is 36.4 Å². The molecule has 0 amide bonds. The molecule has 4 saturated carbocycles. The summed E-state index contributed by atoms with van der Waals surface area (Å²) in [6, 6.07) is 83.6. The van der Waals surface area contributed by atoms with E-state index in [1.54, 1.807) is 0 Å². The van der Waals surface area contributed by atoms with Crippen molar-refractivity contribution in [2.75, 3.05) is 0 Å². The number of hydrogen-bond donors (Lipinski definition) is 0. The van der Waals surface area contributed by atoms with Crippen LogP contribution in [0.5, 0.6) is 0 Å². The predicted molar refractivity (Wildman–Crippen MR) is 309 cm³/mol. The Balaban J connectivity index is 0.00000566. The molecule has 0 bridgehead atoms. The van der Waals surface area contributed by atoms with Gasteiger partial charge in [0.05, 0.1) is 0 Å². The van der Waals surface area contributed by atoms with Crippen molar-refractivity contribution in [1.29, 1.82) is 0 Å². The average Bonchev–Trinajstić information content (AvgIpc) is 4.49. The SMILES string of the molecule is [Ir+3].[c-]1ccccc1-c1ccc(C23CCCC2(c2cc(-c4ccccc4-c4cnc(-c5[c-]cccc5)cc4-c4ccc(-c5ccccc5)cc4)cc(C45CCCC4(c4ccc(-c6[c-]cccc6)nc4)CCC5)c2)CCC3)cn1. The molecule has 0 spiro atoms. The summed E-state index contributed by atoms with van der Waals surface area (Å²) >= 11 is 0. The van der Waals surface area contributed by atoms with Crippen molar-refractivity contribution in [3.8, 4) is 78.3 Å². The molecule has 4 fully saturated rings. The van der Waals surface area contributed by atoms with E-state index in [-0.39, 0.29) is 41.8 Å².